The smallest absolute Gasteiger partial charge is 0.260 e. The number of likely N-dealkylation sites (N-methyl/N-ethyl adjacent to an activating group) is 1. The van der Waals surface area contributed by atoms with Crippen LogP contribution in [0.5, 0.6) is 11.5 Å². The zero-order valence-electron chi connectivity index (χ0n) is 15.4. The van der Waals surface area contributed by atoms with E-state index in [1.165, 1.54) is 4.90 Å². The van der Waals surface area contributed by atoms with Crippen molar-refractivity contribution in [3.63, 3.8) is 0 Å². The summed E-state index contributed by atoms with van der Waals surface area (Å²) in [6.45, 7) is 2.45. The molecule has 0 heterocycles. The van der Waals surface area contributed by atoms with Crippen molar-refractivity contribution in [2.24, 2.45) is 0 Å². The van der Waals surface area contributed by atoms with Gasteiger partial charge in [0, 0.05) is 17.8 Å². The van der Waals surface area contributed by atoms with E-state index >= 15 is 0 Å². The summed E-state index contributed by atoms with van der Waals surface area (Å²) in [5.74, 6) is 0.697. The molecule has 0 aliphatic heterocycles. The number of nitrogens with one attached hydrogen (secondary N) is 1. The van der Waals surface area contributed by atoms with Crippen LogP contribution in [0.15, 0.2) is 48.5 Å². The van der Waals surface area contributed by atoms with Crippen molar-refractivity contribution in [3.8, 4) is 11.5 Å². The number of benzene rings is 2. The van der Waals surface area contributed by atoms with E-state index in [1.807, 2.05) is 6.92 Å². The van der Waals surface area contributed by atoms with Gasteiger partial charge in [-0.15, -0.1) is 0 Å². The van der Waals surface area contributed by atoms with E-state index in [9.17, 15) is 9.59 Å². The standard InChI is InChI=1S/C20H23ClN2O4/c1-3-11-26-17-7-9-18(10-8-17)27-14-20(25)23(2)13-19(24)22-16-6-4-5-15(21)12-16/h4-10,12H,3,11,13-14H2,1-2H3,(H,22,24). The monoisotopic (exact) mass is 390 g/mol. The molecule has 0 spiro atoms. The second kappa shape index (κ2) is 10.4. The summed E-state index contributed by atoms with van der Waals surface area (Å²) >= 11 is 5.88. The molecule has 2 aromatic carbocycles. The van der Waals surface area contributed by atoms with Gasteiger partial charge in [0.25, 0.3) is 5.91 Å². The quantitative estimate of drug-likeness (QED) is 0.710. The first kappa shape index (κ1) is 20.6. The summed E-state index contributed by atoms with van der Waals surface area (Å²) in [7, 11) is 1.55. The predicted octanol–water partition coefficient (Wildman–Crippen LogP) is 3.60. The van der Waals surface area contributed by atoms with Crippen molar-refractivity contribution >= 4 is 29.1 Å². The number of rotatable bonds is 9. The van der Waals surface area contributed by atoms with Crippen LogP contribution in [0.3, 0.4) is 0 Å². The summed E-state index contributed by atoms with van der Waals surface area (Å²) in [6.07, 6.45) is 0.935. The fraction of sp³-hybridized carbons (Fsp3) is 0.300. The summed E-state index contributed by atoms with van der Waals surface area (Å²) in [5.41, 5.74) is 0.579. The van der Waals surface area contributed by atoms with Gasteiger partial charge in [-0.2, -0.15) is 0 Å². The molecule has 1 N–H and O–H groups in total. The molecule has 2 aromatic rings. The minimum absolute atomic E-state index is 0.0848. The third kappa shape index (κ3) is 7.19. The van der Waals surface area contributed by atoms with Crippen molar-refractivity contribution < 1.29 is 19.1 Å². The van der Waals surface area contributed by atoms with E-state index < -0.39 is 0 Å². The Balaban J connectivity index is 1.77. The Morgan fingerprint density at radius 1 is 1.07 bits per heavy atom. The number of nitrogens with zero attached hydrogens (tertiary/aromatic N) is 1. The summed E-state index contributed by atoms with van der Waals surface area (Å²) in [5, 5.41) is 3.22. The van der Waals surface area contributed by atoms with E-state index in [4.69, 9.17) is 21.1 Å². The number of anilines is 1. The normalized spacial score (nSPS) is 10.2. The maximum absolute atomic E-state index is 12.1. The molecule has 0 aliphatic carbocycles. The molecule has 144 valence electrons. The Morgan fingerprint density at radius 3 is 2.37 bits per heavy atom. The molecular weight excluding hydrogens is 368 g/mol. The first-order valence-electron chi connectivity index (χ1n) is 8.63. The molecule has 0 atom stereocenters. The molecule has 0 saturated carbocycles. The molecule has 0 saturated heterocycles. The fourth-order valence-electron chi connectivity index (χ4n) is 2.18. The van der Waals surface area contributed by atoms with Gasteiger partial charge in [-0.05, 0) is 48.9 Å². The molecule has 0 aromatic heterocycles. The van der Waals surface area contributed by atoms with Gasteiger partial charge in [0.15, 0.2) is 6.61 Å². The van der Waals surface area contributed by atoms with Crippen molar-refractivity contribution in [1.29, 1.82) is 0 Å². The lowest BCUT2D eigenvalue weighted by Gasteiger charge is -2.17. The Hall–Kier alpha value is -2.73. The highest BCUT2D eigenvalue weighted by atomic mass is 35.5. The van der Waals surface area contributed by atoms with Gasteiger partial charge in [-0.1, -0.05) is 24.6 Å². The Labute approximate surface area is 164 Å². The second-order valence-corrected chi connectivity index (χ2v) is 6.35. The highest BCUT2D eigenvalue weighted by Gasteiger charge is 2.14. The minimum Gasteiger partial charge on any atom is -0.494 e. The van der Waals surface area contributed by atoms with Crippen molar-refractivity contribution in [3.05, 3.63) is 53.6 Å². The van der Waals surface area contributed by atoms with E-state index in [1.54, 1.807) is 55.6 Å². The van der Waals surface area contributed by atoms with Crippen LogP contribution in [0.1, 0.15) is 13.3 Å². The topological polar surface area (TPSA) is 67.9 Å². The Morgan fingerprint density at radius 2 is 1.74 bits per heavy atom. The third-order valence-corrected chi connectivity index (χ3v) is 3.81. The maximum atomic E-state index is 12.1. The third-order valence-electron chi connectivity index (χ3n) is 3.57. The molecule has 0 fully saturated rings. The lowest BCUT2D eigenvalue weighted by atomic mass is 10.3. The van der Waals surface area contributed by atoms with Crippen LogP contribution in [0.2, 0.25) is 5.02 Å². The van der Waals surface area contributed by atoms with Crippen LogP contribution in [0.4, 0.5) is 5.69 Å². The van der Waals surface area contributed by atoms with E-state index in [0.717, 1.165) is 12.2 Å². The van der Waals surface area contributed by atoms with Gasteiger partial charge in [0.2, 0.25) is 5.91 Å². The number of hydrogen-bond donors (Lipinski definition) is 1. The number of carbonyl (C=O) groups excluding carboxylic acids is 2. The molecule has 6 nitrogen and oxygen atoms in total. The molecule has 2 rings (SSSR count). The lowest BCUT2D eigenvalue weighted by Crippen LogP contribution is -2.37. The van der Waals surface area contributed by atoms with Crippen molar-refractivity contribution in [2.75, 3.05) is 32.1 Å². The van der Waals surface area contributed by atoms with Crippen LogP contribution in [-0.4, -0.2) is 43.5 Å². The van der Waals surface area contributed by atoms with Gasteiger partial charge in [0.05, 0.1) is 13.2 Å². The molecule has 0 radical (unpaired) electrons. The van der Waals surface area contributed by atoms with Gasteiger partial charge >= 0.3 is 0 Å². The first-order chi connectivity index (χ1) is 13.0. The number of amides is 2. The van der Waals surface area contributed by atoms with Gasteiger partial charge in [0.1, 0.15) is 11.5 Å². The Kier molecular flexibility index (Phi) is 7.95. The van der Waals surface area contributed by atoms with E-state index in [-0.39, 0.29) is 25.0 Å². The number of ether oxygens (including phenoxy) is 2. The average Bonchev–Trinajstić information content (AvgIpc) is 2.65. The lowest BCUT2D eigenvalue weighted by molar-refractivity contribution is -0.135. The molecule has 0 unspecified atom stereocenters. The van der Waals surface area contributed by atoms with Crippen molar-refractivity contribution in [1.82, 2.24) is 4.90 Å². The second-order valence-electron chi connectivity index (χ2n) is 5.92. The zero-order chi connectivity index (χ0) is 19.6. The molecule has 7 heteroatoms. The van der Waals surface area contributed by atoms with Crippen LogP contribution in [0.25, 0.3) is 0 Å². The van der Waals surface area contributed by atoms with Crippen LogP contribution < -0.4 is 14.8 Å². The number of halogens is 1. The molecule has 27 heavy (non-hydrogen) atoms. The predicted molar refractivity (Wildman–Crippen MR) is 105 cm³/mol. The first-order valence-corrected chi connectivity index (χ1v) is 9.00. The highest BCUT2D eigenvalue weighted by molar-refractivity contribution is 6.30. The number of hydrogen-bond acceptors (Lipinski definition) is 4. The van der Waals surface area contributed by atoms with Gasteiger partial charge < -0.3 is 19.7 Å². The zero-order valence-corrected chi connectivity index (χ0v) is 16.2. The van der Waals surface area contributed by atoms with Gasteiger partial charge in [-0.25, -0.2) is 0 Å². The fourth-order valence-corrected chi connectivity index (χ4v) is 2.37. The highest BCUT2D eigenvalue weighted by Crippen LogP contribution is 2.18. The van der Waals surface area contributed by atoms with Crippen LogP contribution >= 0.6 is 11.6 Å². The van der Waals surface area contributed by atoms with Crippen LogP contribution in [-0.2, 0) is 9.59 Å². The Bertz CT molecular complexity index is 765. The largest absolute Gasteiger partial charge is 0.494 e. The number of carbonyl (C=O) groups is 2. The maximum Gasteiger partial charge on any atom is 0.260 e. The average molecular weight is 391 g/mol. The minimum atomic E-state index is -0.314. The van der Waals surface area contributed by atoms with Gasteiger partial charge in [-0.3, -0.25) is 9.59 Å². The molecular formula is C20H23ClN2O4. The molecule has 0 aliphatic rings. The molecule has 0 bridgehead atoms. The SMILES string of the molecule is CCCOc1ccc(OCC(=O)N(C)CC(=O)Nc2cccc(Cl)c2)cc1. The molecule has 2 amide bonds. The van der Waals surface area contributed by atoms with E-state index in [2.05, 4.69) is 5.32 Å². The summed E-state index contributed by atoms with van der Waals surface area (Å²) < 4.78 is 11.0. The summed E-state index contributed by atoms with van der Waals surface area (Å²) in [4.78, 5) is 25.5. The van der Waals surface area contributed by atoms with Crippen molar-refractivity contribution in [2.45, 2.75) is 13.3 Å². The summed E-state index contributed by atoms with van der Waals surface area (Å²) in [6, 6.07) is 13.9. The van der Waals surface area contributed by atoms with E-state index in [0.29, 0.717) is 23.1 Å². The van der Waals surface area contributed by atoms with Crippen LogP contribution in [0, 0.1) is 0 Å².